The third-order valence-corrected chi connectivity index (χ3v) is 3.96. The average molecular weight is 352 g/mol. The summed E-state index contributed by atoms with van der Waals surface area (Å²) in [6.07, 6.45) is 1.61. The molecule has 4 rings (SSSR count). The van der Waals surface area contributed by atoms with E-state index < -0.39 is 5.82 Å². The molecule has 0 fully saturated rings. The van der Waals surface area contributed by atoms with Crippen molar-refractivity contribution < 1.29 is 19.4 Å². The predicted octanol–water partition coefficient (Wildman–Crippen LogP) is 2.93. The van der Waals surface area contributed by atoms with Crippen LogP contribution in [0.15, 0.2) is 42.6 Å². The van der Waals surface area contributed by atoms with E-state index in [0.29, 0.717) is 28.2 Å². The average Bonchev–Trinajstić information content (AvgIpc) is 2.73. The number of carbonyl (C=O) groups is 1. The van der Waals surface area contributed by atoms with Gasteiger partial charge in [0.25, 0.3) is 0 Å². The minimum atomic E-state index is -0.459. The van der Waals surface area contributed by atoms with E-state index in [1.54, 1.807) is 12.1 Å². The highest BCUT2D eigenvalue weighted by atomic mass is 19.1. The molecule has 0 saturated carbocycles. The number of phenols is 2. The fourth-order valence-electron chi connectivity index (χ4n) is 2.75. The first-order chi connectivity index (χ1) is 12.5. The van der Waals surface area contributed by atoms with Crippen LogP contribution in [0.4, 0.5) is 21.7 Å². The molecular weight excluding hydrogens is 339 g/mol. The second-order valence-corrected chi connectivity index (χ2v) is 5.81. The second-order valence-electron chi connectivity index (χ2n) is 5.81. The van der Waals surface area contributed by atoms with Gasteiger partial charge in [-0.1, -0.05) is 0 Å². The van der Waals surface area contributed by atoms with Gasteiger partial charge in [-0.15, -0.1) is 0 Å². The largest absolute Gasteiger partial charge is 0.504 e. The number of hydrogen-bond donors (Lipinski definition) is 4. The van der Waals surface area contributed by atoms with Gasteiger partial charge in [-0.3, -0.25) is 4.79 Å². The fraction of sp³-hybridized carbons (Fsp3) is 0.0556. The molecule has 2 aromatic carbocycles. The summed E-state index contributed by atoms with van der Waals surface area (Å²) >= 11 is 0. The van der Waals surface area contributed by atoms with E-state index in [2.05, 4.69) is 20.6 Å². The zero-order valence-corrected chi connectivity index (χ0v) is 13.3. The number of fused-ring (bicyclic) bond motifs is 3. The predicted molar refractivity (Wildman–Crippen MR) is 92.8 cm³/mol. The normalized spacial score (nSPS) is 12.6. The maximum atomic E-state index is 13.5. The molecular formula is C18H13FN4O3. The van der Waals surface area contributed by atoms with Crippen LogP contribution in [-0.4, -0.2) is 26.1 Å². The van der Waals surface area contributed by atoms with E-state index >= 15 is 0 Å². The summed E-state index contributed by atoms with van der Waals surface area (Å²) in [5.41, 5.74) is 2.54. The lowest BCUT2D eigenvalue weighted by molar-refractivity contribution is -0.115. The molecule has 0 bridgehead atoms. The van der Waals surface area contributed by atoms with Gasteiger partial charge in [-0.05, 0) is 30.3 Å². The summed E-state index contributed by atoms with van der Waals surface area (Å²) in [4.78, 5) is 20.6. The Balaban J connectivity index is 1.77. The molecule has 26 heavy (non-hydrogen) atoms. The summed E-state index contributed by atoms with van der Waals surface area (Å²) < 4.78 is 13.5. The van der Waals surface area contributed by atoms with Crippen LogP contribution >= 0.6 is 0 Å². The number of hydrogen-bond acceptors (Lipinski definition) is 6. The van der Waals surface area contributed by atoms with Gasteiger partial charge in [0.2, 0.25) is 11.9 Å². The van der Waals surface area contributed by atoms with Gasteiger partial charge in [-0.2, -0.15) is 0 Å². The van der Waals surface area contributed by atoms with Gasteiger partial charge in [0.1, 0.15) is 5.82 Å². The van der Waals surface area contributed by atoms with Gasteiger partial charge in [0.05, 0.1) is 17.8 Å². The SMILES string of the molecule is O=C1Cc2cnc(Nc3ccc(O)c(O)c3)nc2-c2ccc(F)cc2N1. The standard InChI is InChI=1S/C18H13FN4O3/c19-10-1-3-12-13(6-10)22-16(26)5-9-8-20-18(23-17(9)12)21-11-2-4-14(24)15(25)7-11/h1-4,6-8,24-25H,5H2,(H,22,26)(H,20,21,23). The minimum absolute atomic E-state index is 0.0753. The van der Waals surface area contributed by atoms with Crippen LogP contribution in [0.1, 0.15) is 5.56 Å². The fourth-order valence-corrected chi connectivity index (χ4v) is 2.75. The van der Waals surface area contributed by atoms with Crippen molar-refractivity contribution in [3.63, 3.8) is 0 Å². The third-order valence-electron chi connectivity index (χ3n) is 3.96. The number of amides is 1. The second kappa shape index (κ2) is 5.99. The van der Waals surface area contributed by atoms with E-state index in [1.807, 2.05) is 0 Å². The van der Waals surface area contributed by atoms with Gasteiger partial charge < -0.3 is 20.8 Å². The Bertz CT molecular complexity index is 1040. The Labute approximate surface area is 147 Å². The molecule has 0 saturated heterocycles. The number of nitrogens with zero attached hydrogens (tertiary/aromatic N) is 2. The summed E-state index contributed by atoms with van der Waals surface area (Å²) in [7, 11) is 0. The van der Waals surface area contributed by atoms with Crippen LogP contribution in [0.5, 0.6) is 11.5 Å². The van der Waals surface area contributed by atoms with Gasteiger partial charge >= 0.3 is 0 Å². The Hall–Kier alpha value is -3.68. The molecule has 0 spiro atoms. The third kappa shape index (κ3) is 2.88. The minimum Gasteiger partial charge on any atom is -0.504 e. The summed E-state index contributed by atoms with van der Waals surface area (Å²) in [5.74, 6) is -1.01. The Morgan fingerprint density at radius 3 is 2.77 bits per heavy atom. The number of carbonyl (C=O) groups excluding carboxylic acids is 1. The molecule has 0 radical (unpaired) electrons. The topological polar surface area (TPSA) is 107 Å². The molecule has 0 atom stereocenters. The molecule has 1 amide bonds. The zero-order valence-electron chi connectivity index (χ0n) is 13.3. The smallest absolute Gasteiger partial charge is 0.228 e. The highest BCUT2D eigenvalue weighted by Crippen LogP contribution is 2.34. The summed E-state index contributed by atoms with van der Waals surface area (Å²) in [6, 6.07) is 8.32. The van der Waals surface area contributed by atoms with Crippen LogP contribution in [0.2, 0.25) is 0 Å². The van der Waals surface area contributed by atoms with Gasteiger partial charge in [0, 0.05) is 29.1 Å². The lowest BCUT2D eigenvalue weighted by atomic mass is 10.1. The van der Waals surface area contributed by atoms with E-state index in [-0.39, 0.29) is 29.8 Å². The lowest BCUT2D eigenvalue weighted by Gasteiger charge is -2.11. The first-order valence-corrected chi connectivity index (χ1v) is 7.74. The Kier molecular flexibility index (Phi) is 3.65. The molecule has 0 unspecified atom stereocenters. The number of aromatic nitrogens is 2. The van der Waals surface area contributed by atoms with Crippen LogP contribution in [-0.2, 0) is 11.2 Å². The number of anilines is 3. The van der Waals surface area contributed by atoms with Gasteiger partial charge in [-0.25, -0.2) is 14.4 Å². The molecule has 4 N–H and O–H groups in total. The van der Waals surface area contributed by atoms with Crippen LogP contribution in [0.25, 0.3) is 11.3 Å². The van der Waals surface area contributed by atoms with Crippen molar-refractivity contribution in [1.82, 2.24) is 9.97 Å². The van der Waals surface area contributed by atoms with E-state index in [0.717, 1.165) is 0 Å². The Morgan fingerprint density at radius 2 is 1.96 bits per heavy atom. The summed E-state index contributed by atoms with van der Waals surface area (Å²) in [6.45, 7) is 0. The summed E-state index contributed by atoms with van der Waals surface area (Å²) in [5, 5.41) is 24.5. The number of rotatable bonds is 2. The zero-order chi connectivity index (χ0) is 18.3. The quantitative estimate of drug-likeness (QED) is 0.417. The van der Waals surface area contributed by atoms with Crippen LogP contribution < -0.4 is 10.6 Å². The molecule has 1 aromatic heterocycles. The van der Waals surface area contributed by atoms with Crippen molar-refractivity contribution >= 4 is 23.2 Å². The molecule has 1 aliphatic rings. The van der Waals surface area contributed by atoms with Crippen molar-refractivity contribution in [2.75, 3.05) is 10.6 Å². The first kappa shape index (κ1) is 15.8. The van der Waals surface area contributed by atoms with Gasteiger partial charge in [0.15, 0.2) is 11.5 Å². The van der Waals surface area contributed by atoms with Crippen molar-refractivity contribution in [3.05, 3.63) is 54.0 Å². The number of aromatic hydroxyl groups is 2. The number of nitrogens with one attached hydrogen (secondary N) is 2. The first-order valence-electron chi connectivity index (χ1n) is 7.74. The molecule has 2 heterocycles. The van der Waals surface area contributed by atoms with Crippen molar-refractivity contribution in [2.45, 2.75) is 6.42 Å². The molecule has 3 aromatic rings. The Morgan fingerprint density at radius 1 is 1.12 bits per heavy atom. The maximum Gasteiger partial charge on any atom is 0.228 e. The van der Waals surface area contributed by atoms with Crippen molar-refractivity contribution in [2.24, 2.45) is 0 Å². The molecule has 1 aliphatic heterocycles. The maximum absolute atomic E-state index is 13.5. The highest BCUT2D eigenvalue weighted by Gasteiger charge is 2.21. The van der Waals surface area contributed by atoms with E-state index in [9.17, 15) is 19.4 Å². The lowest BCUT2D eigenvalue weighted by Crippen LogP contribution is -2.13. The molecule has 8 heteroatoms. The van der Waals surface area contributed by atoms with Crippen molar-refractivity contribution in [1.29, 1.82) is 0 Å². The highest BCUT2D eigenvalue weighted by molar-refractivity contribution is 6.00. The van der Waals surface area contributed by atoms with Crippen LogP contribution in [0.3, 0.4) is 0 Å². The van der Waals surface area contributed by atoms with E-state index in [4.69, 9.17) is 0 Å². The molecule has 7 nitrogen and oxygen atoms in total. The number of phenolic OH excluding ortho intramolecular Hbond substituents is 2. The van der Waals surface area contributed by atoms with Crippen molar-refractivity contribution in [3.8, 4) is 22.8 Å². The molecule has 130 valence electrons. The monoisotopic (exact) mass is 352 g/mol. The number of benzene rings is 2. The van der Waals surface area contributed by atoms with Crippen LogP contribution in [0, 0.1) is 5.82 Å². The number of halogens is 1. The van der Waals surface area contributed by atoms with E-state index in [1.165, 1.54) is 30.5 Å². The molecule has 0 aliphatic carbocycles.